The van der Waals surface area contributed by atoms with Gasteiger partial charge in [-0.2, -0.15) is 0 Å². The van der Waals surface area contributed by atoms with E-state index in [1.807, 2.05) is 83.3 Å². The number of carbonyl (C=O) groups is 4. The van der Waals surface area contributed by atoms with Crippen molar-refractivity contribution < 1.29 is 28.7 Å². The maximum absolute atomic E-state index is 13.5. The number of rotatable bonds is 13. The van der Waals surface area contributed by atoms with Gasteiger partial charge >= 0.3 is 6.09 Å². The van der Waals surface area contributed by atoms with Crippen LogP contribution in [-0.4, -0.2) is 75.0 Å². The zero-order valence-corrected chi connectivity index (χ0v) is 33.3. The van der Waals surface area contributed by atoms with E-state index in [4.69, 9.17) is 9.47 Å². The number of aromatic nitrogens is 2. The van der Waals surface area contributed by atoms with E-state index in [0.29, 0.717) is 12.5 Å². The summed E-state index contributed by atoms with van der Waals surface area (Å²) >= 11 is 0. The molecule has 1 aromatic heterocycles. The van der Waals surface area contributed by atoms with Gasteiger partial charge in [0.2, 0.25) is 11.8 Å². The molecule has 1 saturated heterocycles. The minimum Gasteiger partial charge on any atom is -0.444 e. The predicted molar refractivity (Wildman–Crippen MR) is 213 cm³/mol. The zero-order valence-electron chi connectivity index (χ0n) is 33.3. The first-order valence-electron chi connectivity index (χ1n) is 18.9. The number of nitrogens with zero attached hydrogens (tertiary/aromatic N) is 3. The average molecular weight is 752 g/mol. The summed E-state index contributed by atoms with van der Waals surface area (Å²) in [5.74, 6) is 0.0835. The van der Waals surface area contributed by atoms with Gasteiger partial charge in [-0.3, -0.25) is 14.4 Å². The van der Waals surface area contributed by atoms with Crippen molar-refractivity contribution in [2.24, 2.45) is 5.92 Å². The Morgan fingerprint density at radius 1 is 0.836 bits per heavy atom. The van der Waals surface area contributed by atoms with Crippen molar-refractivity contribution in [3.8, 4) is 0 Å². The van der Waals surface area contributed by atoms with Crippen molar-refractivity contribution in [2.75, 3.05) is 19.7 Å². The molecule has 0 radical (unpaired) electrons. The number of benzene rings is 3. The minimum atomic E-state index is -1.25. The van der Waals surface area contributed by atoms with Gasteiger partial charge in [0.05, 0.1) is 25.2 Å². The van der Waals surface area contributed by atoms with Crippen LogP contribution in [-0.2, 0) is 36.9 Å². The summed E-state index contributed by atoms with van der Waals surface area (Å²) in [6, 6.07) is 29.1. The van der Waals surface area contributed by atoms with Crippen LogP contribution in [0.25, 0.3) is 0 Å². The molecule has 5 rings (SSSR count). The summed E-state index contributed by atoms with van der Waals surface area (Å²) in [6.07, 6.45) is 6.24. The van der Waals surface area contributed by atoms with E-state index in [9.17, 15) is 19.2 Å². The molecule has 11 nitrogen and oxygen atoms in total. The van der Waals surface area contributed by atoms with Gasteiger partial charge < -0.3 is 29.6 Å². The van der Waals surface area contributed by atoms with Gasteiger partial charge in [0.25, 0.3) is 0 Å². The number of aryl methyl sites for hydroxylation is 1. The number of alkyl carbamates (subject to hydrolysis) is 1. The van der Waals surface area contributed by atoms with Crippen LogP contribution in [0.3, 0.4) is 0 Å². The van der Waals surface area contributed by atoms with Gasteiger partial charge in [0, 0.05) is 19.3 Å². The fourth-order valence-corrected chi connectivity index (χ4v) is 6.22. The number of hydrogen-bond acceptors (Lipinski definition) is 7. The molecular weight excluding hydrogens is 695 g/mol. The molecule has 2 unspecified atom stereocenters. The van der Waals surface area contributed by atoms with E-state index in [2.05, 4.69) is 45.9 Å². The molecule has 2 heterocycles. The Bertz CT molecular complexity index is 1810. The first-order valence-corrected chi connectivity index (χ1v) is 18.9. The van der Waals surface area contributed by atoms with Crippen LogP contribution in [0.2, 0.25) is 0 Å². The molecule has 3 amide bonds. The molecule has 0 spiro atoms. The van der Waals surface area contributed by atoms with Gasteiger partial charge in [-0.15, -0.1) is 0 Å². The monoisotopic (exact) mass is 751 g/mol. The van der Waals surface area contributed by atoms with Crippen molar-refractivity contribution in [2.45, 2.75) is 97.6 Å². The van der Waals surface area contributed by atoms with E-state index >= 15 is 0 Å². The molecule has 2 N–H and O–H groups in total. The Labute approximate surface area is 325 Å². The standard InChI is InChI=1S/C24H27N3O.C20H30N2O5/c1-19-17-27(18-25-19)23(22-10-6-3-7-11-22)24(28)26-14-12-21(13-15-26)16-20-8-4-2-5-9-20;1-14(23)16(13-26-12-15-10-8-7-9-11-15)21-17(24)20(5,6)22-18(25)27-19(2,3)4/h2-11,17-18,21,23H,12-16H2,1H3;7-11,16H,12-13H2,1-6H3,(H,21,24)(H,22,25). The van der Waals surface area contributed by atoms with E-state index in [-0.39, 0.29) is 24.3 Å². The van der Waals surface area contributed by atoms with Crippen LogP contribution >= 0.6 is 0 Å². The number of hydrogen-bond donors (Lipinski definition) is 2. The molecule has 55 heavy (non-hydrogen) atoms. The number of carbonyl (C=O) groups excluding carboxylic acids is 4. The second-order valence-corrected chi connectivity index (χ2v) is 15.6. The van der Waals surface area contributed by atoms with Crippen molar-refractivity contribution in [3.05, 3.63) is 126 Å². The van der Waals surface area contributed by atoms with Crippen LogP contribution in [0.1, 0.15) is 82.8 Å². The quantitative estimate of drug-likeness (QED) is 0.153. The van der Waals surface area contributed by atoms with Gasteiger partial charge in [-0.1, -0.05) is 91.0 Å². The summed E-state index contributed by atoms with van der Waals surface area (Å²) in [4.78, 5) is 56.1. The van der Waals surface area contributed by atoms with E-state index in [0.717, 1.165) is 49.2 Å². The lowest BCUT2D eigenvalue weighted by molar-refractivity contribution is -0.135. The normalized spacial score (nSPS) is 14.5. The molecule has 0 aliphatic carbocycles. The third-order valence-electron chi connectivity index (χ3n) is 9.24. The maximum Gasteiger partial charge on any atom is 0.408 e. The zero-order chi connectivity index (χ0) is 40.0. The van der Waals surface area contributed by atoms with E-state index < -0.39 is 29.2 Å². The number of ether oxygens (including phenoxy) is 2. The summed E-state index contributed by atoms with van der Waals surface area (Å²) in [7, 11) is 0. The molecule has 4 aromatic rings. The summed E-state index contributed by atoms with van der Waals surface area (Å²) in [6.45, 7) is 13.6. The molecule has 2 atom stereocenters. The van der Waals surface area contributed by atoms with Crippen LogP contribution in [0.15, 0.2) is 104 Å². The fraction of sp³-hybridized carbons (Fsp3) is 0.432. The van der Waals surface area contributed by atoms with E-state index in [1.54, 1.807) is 27.1 Å². The maximum atomic E-state index is 13.5. The number of likely N-dealkylation sites (tertiary alicyclic amines) is 1. The lowest BCUT2D eigenvalue weighted by Crippen LogP contribution is -2.58. The topological polar surface area (TPSA) is 132 Å². The van der Waals surface area contributed by atoms with Crippen LogP contribution < -0.4 is 10.6 Å². The average Bonchev–Trinajstić information content (AvgIpc) is 3.57. The highest BCUT2D eigenvalue weighted by molar-refractivity contribution is 5.93. The van der Waals surface area contributed by atoms with Crippen LogP contribution in [0.5, 0.6) is 0 Å². The lowest BCUT2D eigenvalue weighted by atomic mass is 9.89. The lowest BCUT2D eigenvalue weighted by Gasteiger charge is -2.34. The number of Topliss-reactive ketones (excluding diaryl/α,β-unsaturated/α-hetero) is 1. The Morgan fingerprint density at radius 3 is 1.93 bits per heavy atom. The Kier molecular flexibility index (Phi) is 15.3. The number of nitrogens with one attached hydrogen (secondary N) is 2. The molecule has 0 saturated carbocycles. The highest BCUT2D eigenvalue weighted by atomic mass is 16.6. The summed E-state index contributed by atoms with van der Waals surface area (Å²) in [5, 5.41) is 5.14. The molecule has 1 aliphatic rings. The Balaban J connectivity index is 0.000000245. The minimum absolute atomic E-state index is 0.0402. The number of ketones is 1. The highest BCUT2D eigenvalue weighted by Gasteiger charge is 2.34. The predicted octanol–water partition coefficient (Wildman–Crippen LogP) is 6.84. The molecular formula is C44H57N5O6. The van der Waals surface area contributed by atoms with Crippen LogP contribution in [0, 0.1) is 12.8 Å². The van der Waals surface area contributed by atoms with Crippen molar-refractivity contribution in [1.82, 2.24) is 25.1 Å². The molecule has 11 heteroatoms. The number of imidazole rings is 1. The molecule has 1 aliphatic heterocycles. The highest BCUT2D eigenvalue weighted by Crippen LogP contribution is 2.27. The molecule has 3 aromatic carbocycles. The second-order valence-electron chi connectivity index (χ2n) is 15.6. The molecule has 294 valence electrons. The molecule has 1 fully saturated rings. The third kappa shape index (κ3) is 13.8. The Morgan fingerprint density at radius 2 is 1.40 bits per heavy atom. The SMILES string of the molecule is CC(=O)C(COCc1ccccc1)NC(=O)C(C)(C)NC(=O)OC(C)(C)C.Cc1cn(C(C(=O)N2CCC(Cc3ccccc3)CC2)c2ccccc2)cn1. The van der Waals surface area contributed by atoms with Gasteiger partial charge in [0.1, 0.15) is 23.2 Å². The molecule has 0 bridgehead atoms. The summed E-state index contributed by atoms with van der Waals surface area (Å²) < 4.78 is 12.7. The van der Waals surface area contributed by atoms with Gasteiger partial charge in [-0.05, 0) is 90.3 Å². The Hall–Kier alpha value is -5.29. The van der Waals surface area contributed by atoms with Crippen LogP contribution in [0.4, 0.5) is 4.79 Å². The third-order valence-corrected chi connectivity index (χ3v) is 9.24. The van der Waals surface area contributed by atoms with Crippen molar-refractivity contribution in [3.63, 3.8) is 0 Å². The first-order chi connectivity index (χ1) is 26.1. The smallest absolute Gasteiger partial charge is 0.408 e. The number of amides is 3. The fourth-order valence-electron chi connectivity index (χ4n) is 6.22. The summed E-state index contributed by atoms with van der Waals surface area (Å²) in [5.41, 5.74) is 2.37. The van der Waals surface area contributed by atoms with Crippen molar-refractivity contribution in [1.29, 1.82) is 0 Å². The van der Waals surface area contributed by atoms with E-state index in [1.165, 1.54) is 26.3 Å². The first kappa shape index (κ1) is 42.5. The largest absolute Gasteiger partial charge is 0.444 e. The number of piperidine rings is 1. The van der Waals surface area contributed by atoms with Crippen molar-refractivity contribution >= 4 is 23.7 Å². The van der Waals surface area contributed by atoms with Gasteiger partial charge in [-0.25, -0.2) is 9.78 Å². The second kappa shape index (κ2) is 19.9. The van der Waals surface area contributed by atoms with Gasteiger partial charge in [0.15, 0.2) is 5.78 Å².